The Kier molecular flexibility index (Phi) is 7.62. The summed E-state index contributed by atoms with van der Waals surface area (Å²) < 4.78 is 64.2. The first-order valence-electron chi connectivity index (χ1n) is 13.1. The number of hydrogen-bond acceptors (Lipinski definition) is 10. The number of nitrogens with zero attached hydrogens (tertiary/aromatic N) is 5. The van der Waals surface area contributed by atoms with E-state index in [9.17, 15) is 18.0 Å². The van der Waals surface area contributed by atoms with Crippen LogP contribution in [-0.4, -0.2) is 56.1 Å². The number of likely N-dealkylation sites (tertiary alicyclic amines) is 1. The number of anilines is 3. The van der Waals surface area contributed by atoms with E-state index in [1.807, 2.05) is 7.05 Å². The smallest absolute Gasteiger partial charge is 0.418 e. The van der Waals surface area contributed by atoms with E-state index < -0.39 is 51.6 Å². The minimum absolute atomic E-state index is 0.0616. The van der Waals surface area contributed by atoms with Crippen LogP contribution in [0.5, 0.6) is 6.01 Å². The third-order valence-electron chi connectivity index (χ3n) is 7.32. The van der Waals surface area contributed by atoms with E-state index in [2.05, 4.69) is 35.1 Å². The first kappa shape index (κ1) is 29.0. The van der Waals surface area contributed by atoms with Gasteiger partial charge in [0.25, 0.3) is 5.56 Å². The number of likely N-dealkylation sites (N-methyl/N-ethyl adjacent to an activating group) is 1. The Morgan fingerprint density at radius 3 is 2.69 bits per heavy atom. The SMILES string of the molecule is Cc1nc(N)cc(-c2[nH]c(=O)c3c(N[C@H](C)c4cccnc4N)nc(OC[C@@H]4CCCN4C)nc3c2F)c1C(F)(F)F. The van der Waals surface area contributed by atoms with E-state index in [0.717, 1.165) is 32.4 Å². The predicted molar refractivity (Wildman–Crippen MR) is 149 cm³/mol. The van der Waals surface area contributed by atoms with Crippen LogP contribution in [0, 0.1) is 12.7 Å². The minimum Gasteiger partial charge on any atom is -0.462 e. The lowest BCUT2D eigenvalue weighted by molar-refractivity contribution is -0.137. The standard InChI is InChI=1S/C27H29F4N9O2/c1-12(15-7-4-8-34-23(15)33)36-24-18-22(38-26(39-24)42-11-14-6-5-9-40(14)3)20(28)21(37-25(18)41)16-10-17(32)35-13(2)19(16)27(29,30)31/h4,7-8,10,12,14H,5-6,9,11H2,1-3H3,(H2,32,35)(H2,33,34)(H,37,41)(H,36,38,39)/t12-,14+/m1/s1. The quantitative estimate of drug-likeness (QED) is 0.232. The van der Waals surface area contributed by atoms with Crippen molar-refractivity contribution in [2.24, 2.45) is 0 Å². The van der Waals surface area contributed by atoms with Gasteiger partial charge in [0, 0.05) is 23.4 Å². The lowest BCUT2D eigenvalue weighted by Gasteiger charge is -2.21. The van der Waals surface area contributed by atoms with Gasteiger partial charge in [0.1, 0.15) is 35.0 Å². The Morgan fingerprint density at radius 2 is 2.02 bits per heavy atom. The molecule has 0 aliphatic carbocycles. The molecule has 11 nitrogen and oxygen atoms in total. The van der Waals surface area contributed by atoms with E-state index in [1.54, 1.807) is 19.1 Å². The Balaban J connectivity index is 1.69. The van der Waals surface area contributed by atoms with Crippen molar-refractivity contribution in [3.05, 3.63) is 57.4 Å². The molecule has 0 aromatic carbocycles. The summed E-state index contributed by atoms with van der Waals surface area (Å²) >= 11 is 0. The highest BCUT2D eigenvalue weighted by Gasteiger charge is 2.38. The molecule has 6 N–H and O–H groups in total. The molecule has 0 saturated carbocycles. The van der Waals surface area contributed by atoms with Crippen LogP contribution in [0.3, 0.4) is 0 Å². The molecule has 15 heteroatoms. The number of H-pyrrole nitrogens is 1. The van der Waals surface area contributed by atoms with E-state index >= 15 is 4.39 Å². The normalized spacial score (nSPS) is 16.6. The second-order valence-corrected chi connectivity index (χ2v) is 10.2. The summed E-state index contributed by atoms with van der Waals surface area (Å²) in [5.41, 5.74) is 7.71. The molecule has 222 valence electrons. The molecule has 1 aliphatic heterocycles. The summed E-state index contributed by atoms with van der Waals surface area (Å²) in [6.45, 7) is 3.89. The van der Waals surface area contributed by atoms with Crippen molar-refractivity contribution in [1.82, 2.24) is 29.8 Å². The molecule has 4 aromatic heterocycles. The van der Waals surface area contributed by atoms with Gasteiger partial charge in [-0.1, -0.05) is 6.07 Å². The summed E-state index contributed by atoms with van der Waals surface area (Å²) in [5, 5.41) is 2.73. The van der Waals surface area contributed by atoms with Gasteiger partial charge in [-0.05, 0) is 52.4 Å². The molecular weight excluding hydrogens is 558 g/mol. The number of pyridine rings is 3. The van der Waals surface area contributed by atoms with Crippen LogP contribution in [0.25, 0.3) is 22.2 Å². The van der Waals surface area contributed by atoms with E-state index in [-0.39, 0.29) is 41.5 Å². The van der Waals surface area contributed by atoms with Crippen molar-refractivity contribution in [2.75, 3.05) is 37.0 Å². The molecule has 1 fully saturated rings. The molecule has 0 spiro atoms. The Hall–Kier alpha value is -4.53. The van der Waals surface area contributed by atoms with Gasteiger partial charge in [-0.15, -0.1) is 0 Å². The zero-order valence-electron chi connectivity index (χ0n) is 23.0. The minimum atomic E-state index is -4.92. The van der Waals surface area contributed by atoms with Gasteiger partial charge in [-0.2, -0.15) is 23.1 Å². The predicted octanol–water partition coefficient (Wildman–Crippen LogP) is 4.05. The number of nitrogens with two attached hydrogens (primary N) is 2. The van der Waals surface area contributed by atoms with Crippen LogP contribution in [0.1, 0.15) is 42.6 Å². The van der Waals surface area contributed by atoms with Crippen molar-refractivity contribution in [3.63, 3.8) is 0 Å². The molecule has 1 aliphatic rings. The number of aromatic nitrogens is 5. The van der Waals surface area contributed by atoms with Gasteiger partial charge in [0.15, 0.2) is 5.82 Å². The zero-order valence-corrected chi connectivity index (χ0v) is 23.0. The molecule has 4 aromatic rings. The topological polar surface area (TPSA) is 161 Å². The van der Waals surface area contributed by atoms with Gasteiger partial charge in [-0.25, -0.2) is 14.4 Å². The van der Waals surface area contributed by atoms with Crippen molar-refractivity contribution < 1.29 is 22.3 Å². The summed E-state index contributed by atoms with van der Waals surface area (Å²) in [7, 11) is 1.95. The van der Waals surface area contributed by atoms with Gasteiger partial charge in [0.2, 0.25) is 0 Å². The molecular formula is C27H29F4N9O2. The summed E-state index contributed by atoms with van der Waals surface area (Å²) in [5.74, 6) is -1.38. The first-order chi connectivity index (χ1) is 19.8. The second kappa shape index (κ2) is 11.0. The number of halogens is 4. The number of rotatable bonds is 7. The maximum absolute atomic E-state index is 16.2. The number of hydrogen-bond donors (Lipinski definition) is 4. The second-order valence-electron chi connectivity index (χ2n) is 10.2. The highest BCUT2D eigenvalue weighted by Crippen LogP contribution is 2.40. The van der Waals surface area contributed by atoms with Crippen molar-refractivity contribution >= 4 is 28.4 Å². The highest BCUT2D eigenvalue weighted by atomic mass is 19.4. The summed E-state index contributed by atoms with van der Waals surface area (Å²) in [4.78, 5) is 34.0. The molecule has 2 atom stereocenters. The maximum atomic E-state index is 16.2. The fourth-order valence-electron chi connectivity index (χ4n) is 5.21. The largest absolute Gasteiger partial charge is 0.462 e. The number of aryl methyl sites for hydroxylation is 1. The first-order valence-corrected chi connectivity index (χ1v) is 13.1. The van der Waals surface area contributed by atoms with Crippen molar-refractivity contribution in [3.8, 4) is 17.3 Å². The molecule has 0 bridgehead atoms. The summed E-state index contributed by atoms with van der Waals surface area (Å²) in [6.07, 6.45) is -1.56. The Bertz CT molecular complexity index is 1710. The Morgan fingerprint density at radius 1 is 1.26 bits per heavy atom. The van der Waals surface area contributed by atoms with Crippen molar-refractivity contribution in [2.45, 2.75) is 44.9 Å². The number of nitrogens with one attached hydrogen (secondary N) is 2. The van der Waals surface area contributed by atoms with Crippen LogP contribution in [-0.2, 0) is 6.18 Å². The molecule has 5 heterocycles. The third-order valence-corrected chi connectivity index (χ3v) is 7.32. The van der Waals surface area contributed by atoms with Gasteiger partial charge in [0.05, 0.1) is 23.0 Å². The molecule has 0 amide bonds. The lowest BCUT2D eigenvalue weighted by Crippen LogP contribution is -2.31. The van der Waals surface area contributed by atoms with Gasteiger partial charge >= 0.3 is 12.2 Å². The van der Waals surface area contributed by atoms with E-state index in [0.29, 0.717) is 5.56 Å². The summed E-state index contributed by atoms with van der Waals surface area (Å²) in [6, 6.07) is 3.49. The van der Waals surface area contributed by atoms with Crippen molar-refractivity contribution in [1.29, 1.82) is 0 Å². The lowest BCUT2D eigenvalue weighted by atomic mass is 10.0. The zero-order chi connectivity index (χ0) is 30.3. The number of nitrogen functional groups attached to an aromatic ring is 2. The molecule has 0 unspecified atom stereocenters. The molecule has 1 saturated heterocycles. The van der Waals surface area contributed by atoms with E-state index in [1.165, 1.54) is 6.20 Å². The van der Waals surface area contributed by atoms with Crippen LogP contribution in [0.4, 0.5) is 35.0 Å². The van der Waals surface area contributed by atoms with Gasteiger partial charge < -0.3 is 31.4 Å². The monoisotopic (exact) mass is 587 g/mol. The molecule has 0 radical (unpaired) electrons. The van der Waals surface area contributed by atoms with Gasteiger partial charge in [-0.3, -0.25) is 4.79 Å². The molecule has 42 heavy (non-hydrogen) atoms. The number of fused-ring (bicyclic) bond motifs is 1. The fourth-order valence-corrected chi connectivity index (χ4v) is 5.21. The molecule has 5 rings (SSSR count). The fraction of sp³-hybridized carbons (Fsp3) is 0.370. The number of aromatic amines is 1. The Labute approximate surface area is 237 Å². The highest BCUT2D eigenvalue weighted by molar-refractivity contribution is 5.92. The van der Waals surface area contributed by atoms with E-state index in [4.69, 9.17) is 16.2 Å². The third kappa shape index (κ3) is 5.51. The van der Waals surface area contributed by atoms with Crippen LogP contribution in [0.15, 0.2) is 29.2 Å². The maximum Gasteiger partial charge on any atom is 0.418 e. The average molecular weight is 588 g/mol. The number of alkyl halides is 3. The van der Waals surface area contributed by atoms with Crippen LogP contribution < -0.4 is 27.1 Å². The van der Waals surface area contributed by atoms with Crippen LogP contribution >= 0.6 is 0 Å². The van der Waals surface area contributed by atoms with Crippen LogP contribution in [0.2, 0.25) is 0 Å². The average Bonchev–Trinajstić information content (AvgIpc) is 3.32. The number of ether oxygens (including phenoxy) is 1.